The van der Waals surface area contributed by atoms with Crippen molar-refractivity contribution in [3.8, 4) is 0 Å². The molecule has 1 saturated heterocycles. The zero-order chi connectivity index (χ0) is 15.0. The van der Waals surface area contributed by atoms with Crippen molar-refractivity contribution in [2.75, 3.05) is 11.4 Å². The minimum absolute atomic E-state index is 0.131. The van der Waals surface area contributed by atoms with Crippen LogP contribution >= 0.6 is 0 Å². The van der Waals surface area contributed by atoms with Crippen molar-refractivity contribution in [3.05, 3.63) is 29.8 Å². The van der Waals surface area contributed by atoms with Gasteiger partial charge in [0.2, 0.25) is 11.8 Å². The van der Waals surface area contributed by atoms with Gasteiger partial charge < -0.3 is 15.3 Å². The fraction of sp³-hybridized carbons (Fsp3) is 0.400. The third kappa shape index (κ3) is 2.49. The molecule has 0 aromatic heterocycles. The van der Waals surface area contributed by atoms with Gasteiger partial charge >= 0.3 is 5.97 Å². The molecule has 0 bridgehead atoms. The Morgan fingerprint density at radius 1 is 1.29 bits per heavy atom. The number of nitrogens with one attached hydrogen (secondary N) is 1. The molecule has 2 N–H and O–H groups in total. The highest BCUT2D eigenvalue weighted by Gasteiger charge is 2.37. The van der Waals surface area contributed by atoms with Gasteiger partial charge in [0.15, 0.2) is 0 Å². The second-order valence-electron chi connectivity index (χ2n) is 5.48. The number of amides is 2. The molecule has 0 spiro atoms. The number of fused-ring (bicyclic) bond motifs is 1. The number of para-hydroxylation sites is 1. The highest BCUT2D eigenvalue weighted by molar-refractivity contribution is 6.02. The van der Waals surface area contributed by atoms with E-state index >= 15 is 0 Å². The van der Waals surface area contributed by atoms with Gasteiger partial charge in [-0.3, -0.25) is 14.4 Å². The Bertz CT molecular complexity index is 613. The van der Waals surface area contributed by atoms with Crippen LogP contribution in [0.4, 0.5) is 5.69 Å². The summed E-state index contributed by atoms with van der Waals surface area (Å²) < 4.78 is 0. The number of hydrogen-bond donors (Lipinski definition) is 2. The van der Waals surface area contributed by atoms with Crippen LogP contribution in [0.5, 0.6) is 0 Å². The lowest BCUT2D eigenvalue weighted by atomic mass is 9.92. The summed E-state index contributed by atoms with van der Waals surface area (Å²) in [5, 5.41) is 11.9. The summed E-state index contributed by atoms with van der Waals surface area (Å²) in [6.45, 7) is 0.150. The van der Waals surface area contributed by atoms with Crippen LogP contribution in [-0.4, -0.2) is 35.5 Å². The lowest BCUT2D eigenvalue weighted by Crippen LogP contribution is -2.49. The molecular formula is C15H16N2O4. The number of anilines is 1. The van der Waals surface area contributed by atoms with Gasteiger partial charge in [-0.15, -0.1) is 0 Å². The summed E-state index contributed by atoms with van der Waals surface area (Å²) in [5.74, 6) is -1.87. The first-order chi connectivity index (χ1) is 10.1. The normalized spacial score (nSPS) is 24.4. The quantitative estimate of drug-likeness (QED) is 0.832. The molecule has 2 heterocycles. The second-order valence-corrected chi connectivity index (χ2v) is 5.48. The summed E-state index contributed by atoms with van der Waals surface area (Å²) >= 11 is 0. The molecular weight excluding hydrogens is 272 g/mol. The highest BCUT2D eigenvalue weighted by Crippen LogP contribution is 2.31. The zero-order valence-electron chi connectivity index (χ0n) is 11.4. The predicted molar refractivity (Wildman–Crippen MR) is 74.8 cm³/mol. The third-order valence-electron chi connectivity index (χ3n) is 4.06. The highest BCUT2D eigenvalue weighted by atomic mass is 16.4. The molecule has 2 aliphatic heterocycles. The number of benzene rings is 1. The molecule has 1 aromatic rings. The number of carbonyl (C=O) groups excluding carboxylic acids is 2. The average molecular weight is 288 g/mol. The number of carboxylic acids is 1. The molecule has 6 heteroatoms. The molecule has 1 unspecified atom stereocenters. The molecule has 6 nitrogen and oxygen atoms in total. The van der Waals surface area contributed by atoms with Crippen molar-refractivity contribution in [1.29, 1.82) is 0 Å². The fourth-order valence-electron chi connectivity index (χ4n) is 2.96. The smallest absolute Gasteiger partial charge is 0.308 e. The zero-order valence-corrected chi connectivity index (χ0v) is 11.4. The van der Waals surface area contributed by atoms with Gasteiger partial charge in [0.1, 0.15) is 6.04 Å². The molecule has 3 rings (SSSR count). The molecule has 0 saturated carbocycles. The van der Waals surface area contributed by atoms with Crippen molar-refractivity contribution in [1.82, 2.24) is 5.32 Å². The van der Waals surface area contributed by atoms with E-state index in [-0.39, 0.29) is 18.4 Å². The molecule has 0 radical (unpaired) electrons. The molecule has 2 amide bonds. The Morgan fingerprint density at radius 2 is 2.05 bits per heavy atom. The van der Waals surface area contributed by atoms with E-state index in [1.165, 1.54) is 4.90 Å². The van der Waals surface area contributed by atoms with E-state index in [9.17, 15) is 19.5 Å². The summed E-state index contributed by atoms with van der Waals surface area (Å²) in [4.78, 5) is 36.7. The Labute approximate surface area is 121 Å². The maximum Gasteiger partial charge on any atom is 0.308 e. The maximum atomic E-state index is 12.6. The SMILES string of the molecule is O=C1CC[C@H](C(=O)N2CC(C(=O)O)Cc3ccccc32)N1. The van der Waals surface area contributed by atoms with E-state index in [1.807, 2.05) is 24.3 Å². The number of rotatable bonds is 2. The van der Waals surface area contributed by atoms with Gasteiger partial charge in [-0.2, -0.15) is 0 Å². The van der Waals surface area contributed by atoms with E-state index in [0.29, 0.717) is 19.3 Å². The van der Waals surface area contributed by atoms with E-state index in [2.05, 4.69) is 5.32 Å². The van der Waals surface area contributed by atoms with Gasteiger partial charge in [0.25, 0.3) is 0 Å². The van der Waals surface area contributed by atoms with Crippen molar-refractivity contribution < 1.29 is 19.5 Å². The van der Waals surface area contributed by atoms with Crippen LogP contribution in [0.2, 0.25) is 0 Å². The molecule has 2 aliphatic rings. The van der Waals surface area contributed by atoms with Gasteiger partial charge in [0, 0.05) is 18.7 Å². The Morgan fingerprint density at radius 3 is 2.71 bits per heavy atom. The number of carboxylic acid groups (broad SMARTS) is 1. The van der Waals surface area contributed by atoms with Crippen LogP contribution in [0.25, 0.3) is 0 Å². The maximum absolute atomic E-state index is 12.6. The van der Waals surface area contributed by atoms with E-state index in [4.69, 9.17) is 0 Å². The van der Waals surface area contributed by atoms with Crippen LogP contribution < -0.4 is 10.2 Å². The number of nitrogens with zero attached hydrogens (tertiary/aromatic N) is 1. The Hall–Kier alpha value is -2.37. The summed E-state index contributed by atoms with van der Waals surface area (Å²) in [6.07, 6.45) is 1.23. The largest absolute Gasteiger partial charge is 0.481 e. The first-order valence-corrected chi connectivity index (χ1v) is 6.97. The summed E-state index contributed by atoms with van der Waals surface area (Å²) in [5.41, 5.74) is 1.61. The van der Waals surface area contributed by atoms with Gasteiger partial charge in [-0.05, 0) is 24.5 Å². The number of hydrogen-bond acceptors (Lipinski definition) is 3. The van der Waals surface area contributed by atoms with Crippen LogP contribution in [0.3, 0.4) is 0 Å². The second kappa shape index (κ2) is 5.20. The van der Waals surface area contributed by atoms with Gasteiger partial charge in [-0.1, -0.05) is 18.2 Å². The lowest BCUT2D eigenvalue weighted by Gasteiger charge is -2.34. The molecule has 1 fully saturated rings. The van der Waals surface area contributed by atoms with Crippen LogP contribution in [0, 0.1) is 5.92 Å². The summed E-state index contributed by atoms with van der Waals surface area (Å²) in [7, 11) is 0. The topological polar surface area (TPSA) is 86.7 Å². The van der Waals surface area contributed by atoms with E-state index in [0.717, 1.165) is 11.3 Å². The van der Waals surface area contributed by atoms with Crippen molar-refractivity contribution >= 4 is 23.5 Å². The molecule has 0 aliphatic carbocycles. The fourth-order valence-corrected chi connectivity index (χ4v) is 2.96. The Kier molecular flexibility index (Phi) is 3.37. The first kappa shape index (κ1) is 13.6. The number of carbonyl (C=O) groups is 3. The predicted octanol–water partition coefficient (Wildman–Crippen LogP) is 0.555. The number of aliphatic carboxylic acids is 1. The first-order valence-electron chi connectivity index (χ1n) is 6.97. The minimum Gasteiger partial charge on any atom is -0.481 e. The third-order valence-corrected chi connectivity index (χ3v) is 4.06. The monoisotopic (exact) mass is 288 g/mol. The average Bonchev–Trinajstić information content (AvgIpc) is 2.92. The standard InChI is InChI=1S/C15H16N2O4/c18-13-6-5-11(16-13)14(19)17-8-10(15(20)21)7-9-3-1-2-4-12(9)17/h1-4,10-11H,5-8H2,(H,16,18)(H,20,21)/t10?,11-/m1/s1. The van der Waals surface area contributed by atoms with Gasteiger partial charge in [-0.25, -0.2) is 0 Å². The van der Waals surface area contributed by atoms with Crippen LogP contribution in [0.1, 0.15) is 18.4 Å². The summed E-state index contributed by atoms with van der Waals surface area (Å²) in [6, 6.07) is 6.79. The Balaban J connectivity index is 1.91. The van der Waals surface area contributed by atoms with Gasteiger partial charge in [0.05, 0.1) is 5.92 Å². The van der Waals surface area contributed by atoms with Crippen LogP contribution in [-0.2, 0) is 20.8 Å². The lowest BCUT2D eigenvalue weighted by molar-refractivity contribution is -0.141. The molecule has 1 aromatic carbocycles. The van der Waals surface area contributed by atoms with Crippen molar-refractivity contribution in [2.24, 2.45) is 5.92 Å². The van der Waals surface area contributed by atoms with Crippen molar-refractivity contribution in [3.63, 3.8) is 0 Å². The van der Waals surface area contributed by atoms with Crippen LogP contribution in [0.15, 0.2) is 24.3 Å². The molecule has 21 heavy (non-hydrogen) atoms. The van der Waals surface area contributed by atoms with Crippen molar-refractivity contribution in [2.45, 2.75) is 25.3 Å². The van der Waals surface area contributed by atoms with E-state index < -0.39 is 17.9 Å². The molecule has 2 atom stereocenters. The minimum atomic E-state index is -0.905. The van der Waals surface area contributed by atoms with E-state index in [1.54, 1.807) is 0 Å². The molecule has 110 valence electrons.